The highest BCUT2D eigenvalue weighted by Gasteiger charge is 2.48. The summed E-state index contributed by atoms with van der Waals surface area (Å²) in [6.07, 6.45) is 6.00. The smallest absolute Gasteiger partial charge is 0.342 e. The van der Waals surface area contributed by atoms with Crippen LogP contribution >= 0.6 is 0 Å². The predicted octanol–water partition coefficient (Wildman–Crippen LogP) is 3.96. The molecule has 0 atom stereocenters. The van der Waals surface area contributed by atoms with Gasteiger partial charge in [-0.05, 0) is 38.7 Å². The maximum atomic E-state index is 15.3. The predicted molar refractivity (Wildman–Crippen MR) is 160 cm³/mol. The molecule has 240 valence electrons. The van der Waals surface area contributed by atoms with Gasteiger partial charge in [0.1, 0.15) is 17.3 Å². The minimum absolute atomic E-state index is 0.00353. The highest BCUT2D eigenvalue weighted by atomic mass is 19.3. The second-order valence-electron chi connectivity index (χ2n) is 11.5. The molecule has 44 heavy (non-hydrogen) atoms. The lowest BCUT2D eigenvalue weighted by Gasteiger charge is -2.32. The number of nitrogens with one attached hydrogen (secondary N) is 2. The minimum atomic E-state index is -3.60. The van der Waals surface area contributed by atoms with Crippen LogP contribution in [0, 0.1) is 5.82 Å². The van der Waals surface area contributed by atoms with Crippen molar-refractivity contribution in [2.24, 2.45) is 0 Å². The van der Waals surface area contributed by atoms with E-state index in [1.54, 1.807) is 0 Å². The number of ether oxygens (including phenoxy) is 2. The third-order valence-electron chi connectivity index (χ3n) is 8.59. The van der Waals surface area contributed by atoms with Crippen LogP contribution in [0.1, 0.15) is 55.8 Å². The average Bonchev–Trinajstić information content (AvgIpc) is 3.53. The summed E-state index contributed by atoms with van der Waals surface area (Å²) in [5, 5.41) is 5.85. The number of methoxy groups -OCH3 is 1. The number of anilines is 4. The lowest BCUT2D eigenvalue weighted by Crippen LogP contribution is -2.48. The monoisotopic (exact) mass is 619 g/mol. The molecule has 2 amide bonds. The van der Waals surface area contributed by atoms with Gasteiger partial charge in [-0.3, -0.25) is 9.59 Å². The quantitative estimate of drug-likeness (QED) is 0.382. The van der Waals surface area contributed by atoms with E-state index >= 15 is 4.39 Å². The molecule has 2 N–H and O–H groups in total. The number of alkyl halides is 2. The number of halogens is 3. The van der Waals surface area contributed by atoms with Gasteiger partial charge in [-0.25, -0.2) is 9.37 Å². The lowest BCUT2D eigenvalue weighted by molar-refractivity contribution is -0.140. The van der Waals surface area contributed by atoms with Crippen LogP contribution in [-0.2, 0) is 9.53 Å². The number of carbonyl (C=O) groups is 2. The molecule has 5 rings (SSSR count). The van der Waals surface area contributed by atoms with Gasteiger partial charge >= 0.3 is 5.92 Å². The van der Waals surface area contributed by atoms with Crippen LogP contribution in [0.15, 0.2) is 18.3 Å². The van der Waals surface area contributed by atoms with Crippen LogP contribution in [0.5, 0.6) is 5.75 Å². The number of piperidine rings is 1. The SMILES string of the molecule is CCOCCN1CCC(NC(=O)c2cc(OC)c(Nc3ncc4c(n3)N(C3CCCC3)CC(F)(F)C(=O)N4C)cc2F)CC1. The molecule has 1 aromatic heterocycles. The third kappa shape index (κ3) is 6.85. The summed E-state index contributed by atoms with van der Waals surface area (Å²) in [4.78, 5) is 39.0. The van der Waals surface area contributed by atoms with E-state index < -0.39 is 30.1 Å². The number of hydrogen-bond acceptors (Lipinski definition) is 9. The first-order valence-electron chi connectivity index (χ1n) is 15.2. The summed E-state index contributed by atoms with van der Waals surface area (Å²) in [7, 11) is 2.66. The van der Waals surface area contributed by atoms with E-state index in [-0.39, 0.29) is 46.5 Å². The molecule has 0 unspecified atom stereocenters. The zero-order chi connectivity index (χ0) is 31.4. The molecule has 0 radical (unpaired) electrons. The average molecular weight is 620 g/mol. The van der Waals surface area contributed by atoms with Crippen LogP contribution in [0.25, 0.3) is 0 Å². The van der Waals surface area contributed by atoms with Gasteiger partial charge < -0.3 is 34.8 Å². The Morgan fingerprint density at radius 3 is 2.57 bits per heavy atom. The van der Waals surface area contributed by atoms with Crippen molar-refractivity contribution in [3.8, 4) is 5.75 Å². The van der Waals surface area contributed by atoms with Crippen LogP contribution in [0.3, 0.4) is 0 Å². The van der Waals surface area contributed by atoms with Crippen molar-refractivity contribution < 1.29 is 32.2 Å². The van der Waals surface area contributed by atoms with Crippen molar-refractivity contribution in [1.29, 1.82) is 0 Å². The fourth-order valence-corrected chi connectivity index (χ4v) is 6.12. The molecule has 2 fully saturated rings. The fourth-order valence-electron chi connectivity index (χ4n) is 6.12. The molecule has 1 saturated carbocycles. The van der Waals surface area contributed by atoms with E-state index in [0.717, 1.165) is 56.3 Å². The maximum absolute atomic E-state index is 15.3. The minimum Gasteiger partial charge on any atom is -0.495 e. The summed E-state index contributed by atoms with van der Waals surface area (Å²) in [5.41, 5.74) is 0.152. The van der Waals surface area contributed by atoms with E-state index in [4.69, 9.17) is 9.47 Å². The van der Waals surface area contributed by atoms with Crippen molar-refractivity contribution in [3.63, 3.8) is 0 Å². The van der Waals surface area contributed by atoms with Crippen molar-refractivity contribution in [3.05, 3.63) is 29.7 Å². The van der Waals surface area contributed by atoms with Crippen LogP contribution in [0.4, 0.5) is 36.3 Å². The summed E-state index contributed by atoms with van der Waals surface area (Å²) in [6, 6.07) is 2.15. The number of amides is 2. The van der Waals surface area contributed by atoms with Crippen LogP contribution < -0.4 is 25.2 Å². The first kappa shape index (κ1) is 31.8. The van der Waals surface area contributed by atoms with Gasteiger partial charge in [0.2, 0.25) is 5.95 Å². The first-order valence-corrected chi connectivity index (χ1v) is 15.2. The molecule has 0 spiro atoms. The number of nitrogens with zero attached hydrogens (tertiary/aromatic N) is 5. The lowest BCUT2D eigenvalue weighted by atomic mass is 10.0. The van der Waals surface area contributed by atoms with Gasteiger partial charge in [0.25, 0.3) is 11.8 Å². The first-order chi connectivity index (χ1) is 21.1. The molecule has 2 aromatic rings. The molecular formula is C30H40F3N7O4. The Labute approximate surface area is 255 Å². The Morgan fingerprint density at radius 1 is 1.16 bits per heavy atom. The number of benzene rings is 1. The maximum Gasteiger partial charge on any atom is 0.342 e. The van der Waals surface area contributed by atoms with E-state index in [1.807, 2.05) is 6.92 Å². The van der Waals surface area contributed by atoms with E-state index in [9.17, 15) is 18.4 Å². The number of fused-ring (bicyclic) bond motifs is 1. The third-order valence-corrected chi connectivity index (χ3v) is 8.59. The molecule has 11 nitrogen and oxygen atoms in total. The number of carbonyl (C=O) groups excluding carboxylic acids is 2. The number of aromatic nitrogens is 2. The second kappa shape index (κ2) is 13.6. The molecule has 1 aromatic carbocycles. The molecule has 2 aliphatic heterocycles. The summed E-state index contributed by atoms with van der Waals surface area (Å²) in [6.45, 7) is 4.97. The topological polar surface area (TPSA) is 112 Å². The van der Waals surface area contributed by atoms with Gasteiger partial charge in [0.05, 0.1) is 37.7 Å². The van der Waals surface area contributed by atoms with Gasteiger partial charge in [-0.2, -0.15) is 13.8 Å². The standard InChI is InChI=1S/C30H40F3N7O4/c1-4-44-14-13-39-11-9-19(10-12-39)35-27(41)21-15-25(43-3)23(16-22(21)31)36-29-34-17-24-26(37-29)40(20-7-5-6-8-20)18-30(32,33)28(42)38(24)2/h15-17,19-20H,4-14,18H2,1-3H3,(H,35,41)(H,34,36,37). The van der Waals surface area contributed by atoms with Gasteiger partial charge in [-0.15, -0.1) is 0 Å². The van der Waals surface area contributed by atoms with Gasteiger partial charge in [0, 0.05) is 51.4 Å². The molecule has 1 aliphatic carbocycles. The summed E-state index contributed by atoms with van der Waals surface area (Å²) >= 11 is 0. The fraction of sp³-hybridized carbons (Fsp3) is 0.600. The van der Waals surface area contributed by atoms with Crippen LogP contribution in [0.2, 0.25) is 0 Å². The van der Waals surface area contributed by atoms with E-state index in [1.165, 1.54) is 31.3 Å². The Kier molecular flexibility index (Phi) is 9.78. The Balaban J connectivity index is 1.33. The van der Waals surface area contributed by atoms with E-state index in [0.29, 0.717) is 26.1 Å². The Hall–Kier alpha value is -3.65. The highest BCUT2D eigenvalue weighted by Crippen LogP contribution is 2.40. The highest BCUT2D eigenvalue weighted by molar-refractivity contribution is 6.02. The van der Waals surface area contributed by atoms with Crippen molar-refractivity contribution in [1.82, 2.24) is 20.2 Å². The zero-order valence-corrected chi connectivity index (χ0v) is 25.4. The van der Waals surface area contributed by atoms with Crippen molar-refractivity contribution in [2.75, 3.05) is 68.7 Å². The molecule has 3 heterocycles. The Bertz CT molecular complexity index is 1350. The number of rotatable bonds is 10. The number of hydrogen-bond donors (Lipinski definition) is 2. The zero-order valence-electron chi connectivity index (χ0n) is 25.4. The van der Waals surface area contributed by atoms with Gasteiger partial charge in [0.15, 0.2) is 5.82 Å². The van der Waals surface area contributed by atoms with Crippen molar-refractivity contribution >= 4 is 35.0 Å². The molecule has 14 heteroatoms. The van der Waals surface area contributed by atoms with E-state index in [2.05, 4.69) is 25.5 Å². The molecular weight excluding hydrogens is 579 g/mol. The second-order valence-corrected chi connectivity index (χ2v) is 11.5. The largest absolute Gasteiger partial charge is 0.495 e. The Morgan fingerprint density at radius 2 is 1.89 bits per heavy atom. The molecule has 0 bridgehead atoms. The van der Waals surface area contributed by atoms with Crippen LogP contribution in [-0.4, -0.2) is 98.2 Å². The summed E-state index contributed by atoms with van der Waals surface area (Å²) < 4.78 is 56.0. The van der Waals surface area contributed by atoms with Crippen molar-refractivity contribution in [2.45, 2.75) is 63.5 Å². The molecule has 3 aliphatic rings. The summed E-state index contributed by atoms with van der Waals surface area (Å²) in [5.74, 6) is -5.87. The number of likely N-dealkylation sites (tertiary alicyclic amines) is 1. The normalized spacial score (nSPS) is 19.5. The molecule has 1 saturated heterocycles. The van der Waals surface area contributed by atoms with Gasteiger partial charge in [-0.1, -0.05) is 12.8 Å².